The summed E-state index contributed by atoms with van der Waals surface area (Å²) in [7, 11) is 0. The van der Waals surface area contributed by atoms with Crippen molar-refractivity contribution in [1.82, 2.24) is 0 Å². The van der Waals surface area contributed by atoms with Crippen LogP contribution in [0, 0.1) is 10.8 Å². The first-order valence-electron chi connectivity index (χ1n) is 5.26. The van der Waals surface area contributed by atoms with E-state index in [1.54, 1.807) is 0 Å². The van der Waals surface area contributed by atoms with Gasteiger partial charge in [0.1, 0.15) is 0 Å². The van der Waals surface area contributed by atoms with E-state index in [2.05, 4.69) is 31.9 Å². The predicted octanol–water partition coefficient (Wildman–Crippen LogP) is -1.31. The molecule has 0 aromatic rings. The van der Waals surface area contributed by atoms with E-state index < -0.39 is 10.8 Å². The molecule has 0 unspecified atom stereocenters. The molecule has 6 N–H and O–H groups in total. The van der Waals surface area contributed by atoms with Crippen LogP contribution in [0.15, 0.2) is 0 Å². The molecule has 8 heteroatoms. The van der Waals surface area contributed by atoms with Gasteiger partial charge in [-0.05, 0) is 0 Å². The van der Waals surface area contributed by atoms with Crippen LogP contribution in [0.2, 0.25) is 0 Å². The quantitative estimate of drug-likeness (QED) is 0.283. The Morgan fingerprint density at radius 2 is 0.667 bits per heavy atom. The first-order chi connectivity index (χ1) is 8.49. The third-order valence-electron chi connectivity index (χ3n) is 2.58. The molecular formula is C10H22Br2O6. The Balaban J connectivity index is 0. The second kappa shape index (κ2) is 11.5. The zero-order chi connectivity index (χ0) is 14.7. The number of hydrogen-bond acceptors (Lipinski definition) is 6. The number of aliphatic hydroxyl groups excluding tert-OH is 6. The maximum Gasteiger partial charge on any atom is 0.0539 e. The lowest BCUT2D eigenvalue weighted by Gasteiger charge is -2.23. The van der Waals surface area contributed by atoms with Gasteiger partial charge in [0.05, 0.1) is 39.6 Å². The van der Waals surface area contributed by atoms with Crippen molar-refractivity contribution in [2.24, 2.45) is 10.8 Å². The van der Waals surface area contributed by atoms with Gasteiger partial charge in [0.2, 0.25) is 0 Å². The molecular weight excluding hydrogens is 376 g/mol. The highest BCUT2D eigenvalue weighted by Crippen LogP contribution is 2.17. The Bertz CT molecular complexity index is 130. The van der Waals surface area contributed by atoms with Gasteiger partial charge >= 0.3 is 0 Å². The fourth-order valence-corrected chi connectivity index (χ4v) is 1.62. The monoisotopic (exact) mass is 396 g/mol. The molecule has 0 aliphatic rings. The van der Waals surface area contributed by atoms with Crippen molar-refractivity contribution in [3.8, 4) is 0 Å². The van der Waals surface area contributed by atoms with E-state index >= 15 is 0 Å². The molecule has 0 bridgehead atoms. The summed E-state index contributed by atoms with van der Waals surface area (Å²) in [5.74, 6) is 0. The summed E-state index contributed by atoms with van der Waals surface area (Å²) in [6.07, 6.45) is 0. The van der Waals surface area contributed by atoms with E-state index in [0.717, 1.165) is 0 Å². The molecule has 0 aromatic carbocycles. The molecule has 0 rings (SSSR count). The predicted molar refractivity (Wildman–Crippen MR) is 75.0 cm³/mol. The van der Waals surface area contributed by atoms with Crippen LogP contribution in [-0.4, -0.2) is 80.9 Å². The van der Waals surface area contributed by atoms with Crippen molar-refractivity contribution in [2.75, 3.05) is 50.3 Å². The van der Waals surface area contributed by atoms with Gasteiger partial charge < -0.3 is 30.6 Å². The average Bonchev–Trinajstić information content (AvgIpc) is 2.46. The van der Waals surface area contributed by atoms with Gasteiger partial charge in [0, 0.05) is 21.5 Å². The first-order valence-corrected chi connectivity index (χ1v) is 7.50. The molecule has 0 saturated carbocycles. The number of halogens is 2. The summed E-state index contributed by atoms with van der Waals surface area (Å²) in [6, 6.07) is 0. The molecule has 0 aliphatic heterocycles. The zero-order valence-electron chi connectivity index (χ0n) is 10.1. The lowest BCUT2D eigenvalue weighted by Crippen LogP contribution is -2.35. The van der Waals surface area contributed by atoms with E-state index in [0.29, 0.717) is 10.7 Å². The highest BCUT2D eigenvalue weighted by Gasteiger charge is 2.26. The number of aliphatic hydroxyl groups is 6. The standard InChI is InChI=1S/2C5H11BrO3/c2*6-1-5(2-7,3-8)4-9/h2*7-9H,1-4H2. The number of alkyl halides is 2. The van der Waals surface area contributed by atoms with E-state index in [-0.39, 0.29) is 39.6 Å². The maximum absolute atomic E-state index is 8.63. The summed E-state index contributed by atoms with van der Waals surface area (Å²) in [6.45, 7) is -1.22. The van der Waals surface area contributed by atoms with Gasteiger partial charge in [0.25, 0.3) is 0 Å². The summed E-state index contributed by atoms with van der Waals surface area (Å²) < 4.78 is 0. The largest absolute Gasteiger partial charge is 0.396 e. The van der Waals surface area contributed by atoms with Crippen molar-refractivity contribution in [2.45, 2.75) is 0 Å². The minimum Gasteiger partial charge on any atom is -0.396 e. The fourth-order valence-electron chi connectivity index (χ4n) is 0.554. The van der Waals surface area contributed by atoms with E-state index in [1.807, 2.05) is 0 Å². The third kappa shape index (κ3) is 6.76. The molecule has 18 heavy (non-hydrogen) atoms. The highest BCUT2D eigenvalue weighted by molar-refractivity contribution is 9.09. The summed E-state index contributed by atoms with van der Waals surface area (Å²) in [4.78, 5) is 0. The van der Waals surface area contributed by atoms with Crippen LogP contribution in [0.1, 0.15) is 0 Å². The smallest absolute Gasteiger partial charge is 0.0539 e. The van der Waals surface area contributed by atoms with Crippen molar-refractivity contribution < 1.29 is 30.6 Å². The Morgan fingerprint density at radius 3 is 0.667 bits per heavy atom. The minimum atomic E-state index is -0.750. The van der Waals surface area contributed by atoms with Crippen LogP contribution in [0.5, 0.6) is 0 Å². The SMILES string of the molecule is OCC(CO)(CO)CBr.OCC(CO)(CO)CBr. The second-order valence-corrected chi connectivity index (χ2v) is 5.34. The molecule has 0 radical (unpaired) electrons. The molecule has 6 nitrogen and oxygen atoms in total. The normalized spacial score (nSPS) is 12.0. The minimum absolute atomic E-state index is 0.203. The molecule has 112 valence electrons. The van der Waals surface area contributed by atoms with Crippen LogP contribution in [0.3, 0.4) is 0 Å². The Hall–Kier alpha value is 0.720. The third-order valence-corrected chi connectivity index (χ3v) is 4.96. The summed E-state index contributed by atoms with van der Waals surface area (Å²) in [5, 5.41) is 52.6. The van der Waals surface area contributed by atoms with Crippen LogP contribution in [0.4, 0.5) is 0 Å². The molecule has 0 amide bonds. The molecule has 0 aromatic heterocycles. The van der Waals surface area contributed by atoms with Crippen molar-refractivity contribution >= 4 is 31.9 Å². The number of rotatable bonds is 8. The van der Waals surface area contributed by atoms with Crippen molar-refractivity contribution in [3.05, 3.63) is 0 Å². The summed E-state index contributed by atoms with van der Waals surface area (Å²) >= 11 is 6.15. The Labute approximate surface area is 124 Å². The lowest BCUT2D eigenvalue weighted by molar-refractivity contribution is 0.0243. The van der Waals surface area contributed by atoms with E-state index in [1.165, 1.54) is 0 Å². The maximum atomic E-state index is 8.63. The van der Waals surface area contributed by atoms with Gasteiger partial charge in [-0.15, -0.1) is 0 Å². The highest BCUT2D eigenvalue weighted by atomic mass is 79.9. The lowest BCUT2D eigenvalue weighted by atomic mass is 9.95. The van der Waals surface area contributed by atoms with Gasteiger partial charge in [-0.25, -0.2) is 0 Å². The van der Waals surface area contributed by atoms with Crippen molar-refractivity contribution in [3.63, 3.8) is 0 Å². The molecule has 0 spiro atoms. The van der Waals surface area contributed by atoms with Gasteiger partial charge in [0.15, 0.2) is 0 Å². The average molecular weight is 398 g/mol. The van der Waals surface area contributed by atoms with Crippen LogP contribution in [-0.2, 0) is 0 Å². The molecule has 0 heterocycles. The van der Waals surface area contributed by atoms with Crippen molar-refractivity contribution in [1.29, 1.82) is 0 Å². The fraction of sp³-hybridized carbons (Fsp3) is 1.00. The molecule has 0 atom stereocenters. The van der Waals surface area contributed by atoms with Gasteiger partial charge in [-0.3, -0.25) is 0 Å². The Kier molecular flexibility index (Phi) is 13.5. The van der Waals surface area contributed by atoms with Crippen LogP contribution >= 0.6 is 31.9 Å². The molecule has 0 saturated heterocycles. The zero-order valence-corrected chi connectivity index (χ0v) is 13.3. The topological polar surface area (TPSA) is 121 Å². The first kappa shape index (κ1) is 21.0. The van der Waals surface area contributed by atoms with E-state index in [4.69, 9.17) is 30.6 Å². The van der Waals surface area contributed by atoms with Gasteiger partial charge in [-0.2, -0.15) is 0 Å². The Morgan fingerprint density at radius 1 is 0.500 bits per heavy atom. The number of hydrogen-bond donors (Lipinski definition) is 6. The second-order valence-electron chi connectivity index (χ2n) is 4.22. The van der Waals surface area contributed by atoms with E-state index in [9.17, 15) is 0 Å². The molecule has 0 aliphatic carbocycles. The van der Waals surface area contributed by atoms with Gasteiger partial charge in [-0.1, -0.05) is 31.9 Å². The summed E-state index contributed by atoms with van der Waals surface area (Å²) in [5.41, 5.74) is -1.50. The van der Waals surface area contributed by atoms with Crippen LogP contribution < -0.4 is 0 Å². The van der Waals surface area contributed by atoms with Crippen LogP contribution in [0.25, 0.3) is 0 Å². The molecule has 0 fully saturated rings.